The maximum Gasteiger partial charge on any atom is 0.260 e. The van der Waals surface area contributed by atoms with Gasteiger partial charge in [0.05, 0.1) is 10.9 Å². The zero-order valence-corrected chi connectivity index (χ0v) is 23.5. The Morgan fingerprint density at radius 1 is 0.952 bits per heavy atom. The Labute approximate surface area is 244 Å². The monoisotopic (exact) mass is 559 g/mol. The van der Waals surface area contributed by atoms with Crippen LogP contribution >= 0.6 is 0 Å². The van der Waals surface area contributed by atoms with Crippen LogP contribution in [0.25, 0.3) is 21.7 Å². The number of aromatic nitrogens is 2. The number of para-hydroxylation sites is 1. The number of nitrogens with one attached hydrogen (secondary N) is 2. The number of aromatic amines is 1. The number of nitrogens with zero attached hydrogens (tertiary/aromatic N) is 3. The molecule has 8 nitrogen and oxygen atoms in total. The van der Waals surface area contributed by atoms with E-state index < -0.39 is 12.1 Å². The molecule has 0 bridgehead atoms. The van der Waals surface area contributed by atoms with E-state index in [0.29, 0.717) is 42.8 Å². The number of hydrogen-bond acceptors (Lipinski definition) is 5. The number of amides is 2. The van der Waals surface area contributed by atoms with Crippen molar-refractivity contribution in [3.8, 4) is 0 Å². The molecule has 2 heterocycles. The molecule has 0 radical (unpaired) electrons. The summed E-state index contributed by atoms with van der Waals surface area (Å²) in [5.74, 6) is -0.0485. The fourth-order valence-electron chi connectivity index (χ4n) is 5.77. The van der Waals surface area contributed by atoms with Crippen LogP contribution < -0.4 is 15.8 Å². The molecule has 2 N–H and O–H groups in total. The summed E-state index contributed by atoms with van der Waals surface area (Å²) in [6.07, 6.45) is 1.72. The molecule has 1 aromatic heterocycles. The van der Waals surface area contributed by atoms with E-state index >= 15 is 0 Å². The quantitative estimate of drug-likeness (QED) is 0.293. The second-order valence-electron chi connectivity index (χ2n) is 10.9. The van der Waals surface area contributed by atoms with Gasteiger partial charge in [-0.2, -0.15) is 0 Å². The van der Waals surface area contributed by atoms with E-state index in [1.807, 2.05) is 71.6 Å². The number of carbonyl (C=O) groups excluding carboxylic acids is 2. The Balaban J connectivity index is 1.26. The molecule has 212 valence electrons. The molecular weight excluding hydrogens is 526 g/mol. The third-order valence-corrected chi connectivity index (χ3v) is 7.93. The smallest absolute Gasteiger partial charge is 0.260 e. The summed E-state index contributed by atoms with van der Waals surface area (Å²) in [7, 11) is 1.76. The molecule has 1 aliphatic rings. The fourth-order valence-corrected chi connectivity index (χ4v) is 5.77. The molecule has 2 atom stereocenters. The standard InChI is InChI=1S/C34H33N5O3/c1-38(22-23-10-3-2-4-11-23)33(42)29(21-24-17-18-25-12-5-6-13-26(25)20-24)35-32(41)30-16-9-19-39(30)34-36-28-15-8-7-14-27(28)31(40)37-34/h2-8,10-15,17-18,20,29-30H,9,16,19,21-22H2,1H3,(H,35,41)(H,36,37,40)/t29-,30-/m0/s1. The van der Waals surface area contributed by atoms with Crippen LogP contribution in [-0.2, 0) is 22.6 Å². The highest BCUT2D eigenvalue weighted by Crippen LogP contribution is 2.24. The molecule has 1 aliphatic heterocycles. The minimum absolute atomic E-state index is 0.165. The van der Waals surface area contributed by atoms with Gasteiger partial charge in [-0.1, -0.05) is 84.9 Å². The highest BCUT2D eigenvalue weighted by Gasteiger charge is 2.35. The van der Waals surface area contributed by atoms with Gasteiger partial charge in [0.15, 0.2) is 0 Å². The highest BCUT2D eigenvalue weighted by atomic mass is 16.2. The van der Waals surface area contributed by atoms with E-state index in [0.717, 1.165) is 28.3 Å². The number of H-pyrrole nitrogens is 1. The average molecular weight is 560 g/mol. The minimum Gasteiger partial charge on any atom is -0.342 e. The first-order chi connectivity index (χ1) is 20.5. The molecule has 0 aliphatic carbocycles. The summed E-state index contributed by atoms with van der Waals surface area (Å²) in [6, 6.07) is 29.8. The predicted octanol–water partition coefficient (Wildman–Crippen LogP) is 4.43. The summed E-state index contributed by atoms with van der Waals surface area (Å²) >= 11 is 0. The van der Waals surface area contributed by atoms with E-state index in [9.17, 15) is 14.4 Å². The van der Waals surface area contributed by atoms with Gasteiger partial charge < -0.3 is 15.1 Å². The van der Waals surface area contributed by atoms with Gasteiger partial charge in [-0.05, 0) is 46.9 Å². The van der Waals surface area contributed by atoms with Gasteiger partial charge in [-0.25, -0.2) is 4.98 Å². The van der Waals surface area contributed by atoms with Gasteiger partial charge in [0.1, 0.15) is 12.1 Å². The van der Waals surface area contributed by atoms with Gasteiger partial charge in [0.25, 0.3) is 5.56 Å². The summed E-state index contributed by atoms with van der Waals surface area (Å²) in [5, 5.41) is 5.79. The van der Waals surface area contributed by atoms with E-state index in [1.165, 1.54) is 0 Å². The molecule has 5 aromatic rings. The lowest BCUT2D eigenvalue weighted by Gasteiger charge is -2.29. The molecule has 0 spiro atoms. The molecule has 1 saturated heterocycles. The summed E-state index contributed by atoms with van der Waals surface area (Å²) in [4.78, 5) is 51.4. The number of anilines is 1. The molecule has 2 amide bonds. The first-order valence-corrected chi connectivity index (χ1v) is 14.3. The topological polar surface area (TPSA) is 98.4 Å². The van der Waals surface area contributed by atoms with Crippen LogP contribution in [0.3, 0.4) is 0 Å². The Bertz CT molecular complexity index is 1800. The number of likely N-dealkylation sites (N-methyl/N-ethyl adjacent to an activating group) is 1. The third-order valence-electron chi connectivity index (χ3n) is 7.93. The lowest BCUT2D eigenvalue weighted by Crippen LogP contribution is -2.53. The molecule has 4 aromatic carbocycles. The molecule has 42 heavy (non-hydrogen) atoms. The molecule has 8 heteroatoms. The minimum atomic E-state index is -0.765. The number of benzene rings is 4. The van der Waals surface area contributed by atoms with Crippen LogP contribution in [0.1, 0.15) is 24.0 Å². The number of carbonyl (C=O) groups is 2. The predicted molar refractivity (Wildman–Crippen MR) is 165 cm³/mol. The first kappa shape index (κ1) is 27.2. The summed E-state index contributed by atoms with van der Waals surface area (Å²) in [6.45, 7) is 1.01. The Kier molecular flexibility index (Phi) is 7.68. The van der Waals surface area contributed by atoms with Crippen molar-refractivity contribution >= 4 is 39.4 Å². The van der Waals surface area contributed by atoms with E-state index in [1.54, 1.807) is 30.1 Å². The third kappa shape index (κ3) is 5.74. The second-order valence-corrected chi connectivity index (χ2v) is 10.9. The van der Waals surface area contributed by atoms with Crippen LogP contribution in [0.15, 0.2) is 102 Å². The lowest BCUT2D eigenvalue weighted by molar-refractivity contribution is -0.136. The number of fused-ring (bicyclic) bond motifs is 2. The molecular formula is C34H33N5O3. The van der Waals surface area contributed by atoms with Gasteiger partial charge >= 0.3 is 0 Å². The SMILES string of the molecule is CN(Cc1ccccc1)C(=O)[C@H](Cc1ccc2ccccc2c1)NC(=O)[C@@H]1CCCN1c1nc2ccccc2c(=O)[nH]1. The van der Waals surface area contributed by atoms with E-state index in [-0.39, 0.29) is 17.4 Å². The van der Waals surface area contributed by atoms with Crippen molar-refractivity contribution in [3.05, 3.63) is 119 Å². The number of hydrogen-bond donors (Lipinski definition) is 2. The highest BCUT2D eigenvalue weighted by molar-refractivity contribution is 5.92. The van der Waals surface area contributed by atoms with Crippen molar-refractivity contribution in [2.45, 2.75) is 37.9 Å². The zero-order chi connectivity index (χ0) is 29.1. The zero-order valence-electron chi connectivity index (χ0n) is 23.5. The maximum atomic E-state index is 13.8. The first-order valence-electron chi connectivity index (χ1n) is 14.3. The molecule has 1 fully saturated rings. The van der Waals surface area contributed by atoms with Crippen LogP contribution in [0.5, 0.6) is 0 Å². The average Bonchev–Trinajstić information content (AvgIpc) is 3.51. The molecule has 0 saturated carbocycles. The van der Waals surface area contributed by atoms with Crippen LogP contribution in [0, 0.1) is 0 Å². The van der Waals surface area contributed by atoms with Crippen molar-refractivity contribution in [1.82, 2.24) is 20.2 Å². The Morgan fingerprint density at radius 2 is 1.69 bits per heavy atom. The van der Waals surface area contributed by atoms with Crippen molar-refractivity contribution in [3.63, 3.8) is 0 Å². The second kappa shape index (κ2) is 11.9. The van der Waals surface area contributed by atoms with Crippen molar-refractivity contribution < 1.29 is 9.59 Å². The molecule has 0 unspecified atom stereocenters. The largest absolute Gasteiger partial charge is 0.342 e. The van der Waals surface area contributed by atoms with Crippen molar-refractivity contribution in [2.24, 2.45) is 0 Å². The number of rotatable bonds is 8. The van der Waals surface area contributed by atoms with E-state index in [4.69, 9.17) is 0 Å². The van der Waals surface area contributed by atoms with Crippen molar-refractivity contribution in [1.29, 1.82) is 0 Å². The van der Waals surface area contributed by atoms with Gasteiger partial charge in [0, 0.05) is 26.6 Å². The summed E-state index contributed by atoms with van der Waals surface area (Å²) < 4.78 is 0. The van der Waals surface area contributed by atoms with Crippen LogP contribution in [-0.4, -0.2) is 52.4 Å². The summed E-state index contributed by atoms with van der Waals surface area (Å²) in [5.41, 5.74) is 2.31. The van der Waals surface area contributed by atoms with Crippen LogP contribution in [0.4, 0.5) is 5.95 Å². The Hall–Kier alpha value is -4.98. The maximum absolute atomic E-state index is 13.8. The van der Waals surface area contributed by atoms with Crippen LogP contribution in [0.2, 0.25) is 0 Å². The lowest BCUT2D eigenvalue weighted by atomic mass is 10.00. The van der Waals surface area contributed by atoms with Crippen molar-refractivity contribution in [2.75, 3.05) is 18.5 Å². The van der Waals surface area contributed by atoms with Gasteiger partial charge in [-0.3, -0.25) is 19.4 Å². The molecule has 6 rings (SSSR count). The normalized spacial score (nSPS) is 15.5. The van der Waals surface area contributed by atoms with Gasteiger partial charge in [-0.15, -0.1) is 0 Å². The Morgan fingerprint density at radius 3 is 2.52 bits per heavy atom. The van der Waals surface area contributed by atoms with Gasteiger partial charge in [0.2, 0.25) is 17.8 Å². The fraction of sp³-hybridized carbons (Fsp3) is 0.235. The van der Waals surface area contributed by atoms with E-state index in [2.05, 4.69) is 27.4 Å².